The molecule has 2 nitrogen and oxygen atoms in total. The Hall–Kier alpha value is -2.09. The molecule has 3 rings (SSSR count). The van der Waals surface area contributed by atoms with Gasteiger partial charge in [-0.1, -0.05) is 29.8 Å². The van der Waals surface area contributed by atoms with Gasteiger partial charge < -0.3 is 0 Å². The number of aryl methyl sites for hydroxylation is 2. The highest BCUT2D eigenvalue weighted by Crippen LogP contribution is 2.23. The third kappa shape index (κ3) is 1.62. The third-order valence-corrected chi connectivity index (χ3v) is 3.06. The molecule has 17 heavy (non-hydrogen) atoms. The highest BCUT2D eigenvalue weighted by Gasteiger charge is 2.08. The van der Waals surface area contributed by atoms with E-state index in [-0.39, 0.29) is 0 Å². The molecule has 0 bridgehead atoms. The van der Waals surface area contributed by atoms with Crippen molar-refractivity contribution in [2.24, 2.45) is 0 Å². The molecule has 3 aromatic rings. The van der Waals surface area contributed by atoms with Crippen LogP contribution in [0.5, 0.6) is 0 Å². The van der Waals surface area contributed by atoms with Gasteiger partial charge in [0.05, 0.1) is 11.7 Å². The first-order valence-electron chi connectivity index (χ1n) is 5.75. The Balaban J connectivity index is 2.27. The topological polar surface area (TPSA) is 17.3 Å². The van der Waals surface area contributed by atoms with E-state index in [0.29, 0.717) is 0 Å². The Bertz CT molecular complexity index is 680. The third-order valence-electron chi connectivity index (χ3n) is 3.06. The molecule has 0 aliphatic rings. The fraction of sp³-hybridized carbons (Fsp3) is 0.133. The van der Waals surface area contributed by atoms with Gasteiger partial charge in [0.2, 0.25) is 0 Å². The smallest absolute Gasteiger partial charge is 0.144 e. The van der Waals surface area contributed by atoms with Crippen LogP contribution in [0.1, 0.15) is 11.1 Å². The fourth-order valence-electron chi connectivity index (χ4n) is 2.21. The van der Waals surface area contributed by atoms with E-state index in [9.17, 15) is 0 Å². The van der Waals surface area contributed by atoms with Crippen LogP contribution in [0.3, 0.4) is 0 Å². The number of pyridine rings is 1. The molecule has 0 saturated carbocycles. The maximum absolute atomic E-state index is 4.52. The maximum Gasteiger partial charge on any atom is 0.144 e. The Morgan fingerprint density at radius 3 is 2.76 bits per heavy atom. The summed E-state index contributed by atoms with van der Waals surface area (Å²) in [5.41, 5.74) is 4.87. The molecule has 0 spiro atoms. The second-order valence-electron chi connectivity index (χ2n) is 4.40. The van der Waals surface area contributed by atoms with Crippen LogP contribution < -0.4 is 0 Å². The fourth-order valence-corrected chi connectivity index (χ4v) is 2.21. The maximum atomic E-state index is 4.52. The van der Waals surface area contributed by atoms with Gasteiger partial charge >= 0.3 is 0 Å². The number of imidazole rings is 1. The number of hydrogen-bond donors (Lipinski definition) is 0. The van der Waals surface area contributed by atoms with Crippen molar-refractivity contribution in [2.45, 2.75) is 13.8 Å². The molecule has 0 saturated heterocycles. The molecule has 0 aliphatic carbocycles. The van der Waals surface area contributed by atoms with E-state index in [1.807, 2.05) is 18.3 Å². The minimum absolute atomic E-state index is 1.01. The number of aromatic nitrogens is 2. The second-order valence-corrected chi connectivity index (χ2v) is 4.40. The molecule has 0 fully saturated rings. The van der Waals surface area contributed by atoms with E-state index >= 15 is 0 Å². The van der Waals surface area contributed by atoms with Gasteiger partial charge in [0.1, 0.15) is 5.82 Å². The van der Waals surface area contributed by atoms with Crippen LogP contribution >= 0.6 is 0 Å². The van der Waals surface area contributed by atoms with Crippen LogP contribution in [-0.2, 0) is 0 Å². The second kappa shape index (κ2) is 3.74. The molecule has 84 valence electrons. The Kier molecular flexibility index (Phi) is 2.22. The Morgan fingerprint density at radius 2 is 1.94 bits per heavy atom. The molecule has 0 amide bonds. The number of benzene rings is 1. The monoisotopic (exact) mass is 222 g/mol. The Labute approximate surface area is 101 Å². The Morgan fingerprint density at radius 1 is 1.06 bits per heavy atom. The van der Waals surface area contributed by atoms with Crippen molar-refractivity contribution in [3.63, 3.8) is 0 Å². The average Bonchev–Trinajstić information content (AvgIpc) is 2.73. The molecule has 2 aromatic heterocycles. The minimum Gasteiger partial charge on any atom is -0.300 e. The van der Waals surface area contributed by atoms with Crippen molar-refractivity contribution in [3.05, 3.63) is 59.9 Å². The van der Waals surface area contributed by atoms with E-state index in [2.05, 4.69) is 53.7 Å². The molecular weight excluding hydrogens is 208 g/mol. The molecule has 2 heteroatoms. The quantitative estimate of drug-likeness (QED) is 0.614. The zero-order valence-electron chi connectivity index (χ0n) is 10.0. The summed E-state index contributed by atoms with van der Waals surface area (Å²) in [5, 5.41) is 0. The van der Waals surface area contributed by atoms with Crippen LogP contribution in [0, 0.1) is 13.8 Å². The molecular formula is C15H14N2. The molecule has 0 aliphatic heterocycles. The zero-order valence-corrected chi connectivity index (χ0v) is 10.0. The van der Waals surface area contributed by atoms with E-state index in [1.165, 1.54) is 16.7 Å². The first kappa shape index (κ1) is 10.1. The van der Waals surface area contributed by atoms with Crippen molar-refractivity contribution >= 4 is 5.52 Å². The number of hydrogen-bond acceptors (Lipinski definition) is 1. The summed E-state index contributed by atoms with van der Waals surface area (Å²) in [5.74, 6) is 1.01. The summed E-state index contributed by atoms with van der Waals surface area (Å²) >= 11 is 0. The van der Waals surface area contributed by atoms with Crippen molar-refractivity contribution in [2.75, 3.05) is 0 Å². The van der Waals surface area contributed by atoms with Gasteiger partial charge in [-0.15, -0.1) is 0 Å². The van der Waals surface area contributed by atoms with Crippen molar-refractivity contribution in [1.29, 1.82) is 0 Å². The summed E-state index contributed by atoms with van der Waals surface area (Å²) in [4.78, 5) is 4.52. The summed E-state index contributed by atoms with van der Waals surface area (Å²) in [7, 11) is 0. The van der Waals surface area contributed by atoms with E-state index in [1.54, 1.807) is 0 Å². The number of nitrogens with zero attached hydrogens (tertiary/aromatic N) is 2. The van der Waals surface area contributed by atoms with Crippen molar-refractivity contribution in [3.8, 4) is 11.4 Å². The molecule has 0 unspecified atom stereocenters. The first-order chi connectivity index (χ1) is 8.25. The first-order valence-corrected chi connectivity index (χ1v) is 5.75. The van der Waals surface area contributed by atoms with Gasteiger partial charge in [-0.25, -0.2) is 4.98 Å². The molecule has 1 aromatic carbocycles. The van der Waals surface area contributed by atoms with E-state index in [0.717, 1.165) is 11.3 Å². The minimum atomic E-state index is 1.01. The molecule has 0 radical (unpaired) electrons. The predicted octanol–water partition coefficient (Wildman–Crippen LogP) is 3.62. The SMILES string of the molecule is Cc1ccc(-c2ncc3ccccn23)c(C)c1. The van der Waals surface area contributed by atoms with Gasteiger partial charge in [0.15, 0.2) is 0 Å². The molecule has 0 N–H and O–H groups in total. The average molecular weight is 222 g/mol. The highest BCUT2D eigenvalue weighted by molar-refractivity contribution is 5.65. The zero-order chi connectivity index (χ0) is 11.8. The highest BCUT2D eigenvalue weighted by atomic mass is 15.0. The normalized spacial score (nSPS) is 10.9. The molecule has 2 heterocycles. The van der Waals surface area contributed by atoms with Crippen LogP contribution in [0.4, 0.5) is 0 Å². The van der Waals surface area contributed by atoms with E-state index in [4.69, 9.17) is 0 Å². The lowest BCUT2D eigenvalue weighted by molar-refractivity contribution is 1.15. The lowest BCUT2D eigenvalue weighted by Gasteiger charge is -2.06. The van der Waals surface area contributed by atoms with Gasteiger partial charge in [0, 0.05) is 11.8 Å². The van der Waals surface area contributed by atoms with E-state index < -0.39 is 0 Å². The van der Waals surface area contributed by atoms with Crippen LogP contribution in [0.2, 0.25) is 0 Å². The van der Waals surface area contributed by atoms with Gasteiger partial charge in [-0.2, -0.15) is 0 Å². The largest absolute Gasteiger partial charge is 0.300 e. The van der Waals surface area contributed by atoms with Crippen LogP contribution in [-0.4, -0.2) is 9.38 Å². The van der Waals surface area contributed by atoms with Crippen LogP contribution in [0.25, 0.3) is 16.9 Å². The van der Waals surface area contributed by atoms with Gasteiger partial charge in [-0.3, -0.25) is 4.40 Å². The summed E-state index contributed by atoms with van der Waals surface area (Å²) in [6.45, 7) is 4.24. The van der Waals surface area contributed by atoms with Crippen LogP contribution in [0.15, 0.2) is 48.8 Å². The van der Waals surface area contributed by atoms with Gasteiger partial charge in [-0.05, 0) is 31.5 Å². The lowest BCUT2D eigenvalue weighted by Crippen LogP contribution is -1.91. The predicted molar refractivity (Wildman–Crippen MR) is 70.1 cm³/mol. The van der Waals surface area contributed by atoms with Crippen molar-refractivity contribution in [1.82, 2.24) is 9.38 Å². The standard InChI is InChI=1S/C15H14N2/c1-11-6-7-14(12(2)9-11)15-16-10-13-5-3-4-8-17(13)15/h3-10H,1-2H3. The molecule has 0 atom stereocenters. The summed E-state index contributed by atoms with van der Waals surface area (Å²) < 4.78 is 2.12. The summed E-state index contributed by atoms with van der Waals surface area (Å²) in [6, 6.07) is 12.6. The number of fused-ring (bicyclic) bond motifs is 1. The lowest BCUT2D eigenvalue weighted by atomic mass is 10.1. The number of rotatable bonds is 1. The van der Waals surface area contributed by atoms with Gasteiger partial charge in [0.25, 0.3) is 0 Å². The summed E-state index contributed by atoms with van der Waals surface area (Å²) in [6.07, 6.45) is 3.96. The van der Waals surface area contributed by atoms with Crippen molar-refractivity contribution < 1.29 is 0 Å².